The topological polar surface area (TPSA) is 85.1 Å². The van der Waals surface area contributed by atoms with E-state index in [0.717, 1.165) is 16.5 Å². The van der Waals surface area contributed by atoms with Crippen LogP contribution in [0.15, 0.2) is 66.9 Å². The average molecular weight is 412 g/mol. The summed E-state index contributed by atoms with van der Waals surface area (Å²) in [6, 6.07) is 17.9. The van der Waals surface area contributed by atoms with Gasteiger partial charge in [-0.3, -0.25) is 9.78 Å². The van der Waals surface area contributed by atoms with Gasteiger partial charge in [0.2, 0.25) is 0 Å². The Balaban J connectivity index is 1.51. The van der Waals surface area contributed by atoms with Gasteiger partial charge in [0.25, 0.3) is 5.91 Å². The zero-order valence-corrected chi connectivity index (χ0v) is 16.6. The van der Waals surface area contributed by atoms with Crippen LogP contribution in [0.2, 0.25) is 0 Å². The van der Waals surface area contributed by atoms with Crippen molar-refractivity contribution < 1.29 is 9.18 Å². The first-order valence-electron chi connectivity index (χ1n) is 9.69. The van der Waals surface area contributed by atoms with Gasteiger partial charge in [-0.25, -0.2) is 4.39 Å². The van der Waals surface area contributed by atoms with Gasteiger partial charge < -0.3 is 5.32 Å². The smallest absolute Gasteiger partial charge is 0.253 e. The summed E-state index contributed by atoms with van der Waals surface area (Å²) < 4.78 is 16.1. The number of halogens is 1. The molecule has 0 radical (unpaired) electrons. The summed E-state index contributed by atoms with van der Waals surface area (Å²) >= 11 is 0. The number of carbonyl (C=O) groups excluding carboxylic acids is 1. The highest BCUT2D eigenvalue weighted by molar-refractivity contribution is 5.94. The molecule has 152 valence electrons. The van der Waals surface area contributed by atoms with Crippen LogP contribution in [0.25, 0.3) is 27.8 Å². The van der Waals surface area contributed by atoms with Crippen LogP contribution in [0.3, 0.4) is 0 Å². The maximum Gasteiger partial charge on any atom is 0.253 e. The molecule has 5 aromatic rings. The van der Waals surface area contributed by atoms with Gasteiger partial charge >= 0.3 is 0 Å². The van der Waals surface area contributed by atoms with Crippen molar-refractivity contribution in [2.24, 2.45) is 0 Å². The highest BCUT2D eigenvalue weighted by atomic mass is 19.1. The number of rotatable bonds is 4. The second-order valence-electron chi connectivity index (χ2n) is 7.09. The fourth-order valence-electron chi connectivity index (χ4n) is 3.51. The van der Waals surface area contributed by atoms with E-state index in [1.54, 1.807) is 28.9 Å². The fraction of sp³-hybridized carbons (Fsp3) is 0.0870. The van der Waals surface area contributed by atoms with Crippen LogP contribution in [-0.2, 0) is 6.42 Å². The molecule has 0 aliphatic heterocycles. The fourth-order valence-corrected chi connectivity index (χ4v) is 3.51. The van der Waals surface area contributed by atoms with Crippen molar-refractivity contribution in [3.05, 3.63) is 89.6 Å². The van der Waals surface area contributed by atoms with Crippen LogP contribution in [0, 0.1) is 5.82 Å². The van der Waals surface area contributed by atoms with Gasteiger partial charge in [0.1, 0.15) is 5.82 Å². The molecule has 0 bridgehead atoms. The Hall–Kier alpha value is -4.20. The molecule has 7 nitrogen and oxygen atoms in total. The molecule has 0 atom stereocenters. The molecule has 0 fully saturated rings. The molecule has 0 aliphatic carbocycles. The Morgan fingerprint density at radius 1 is 1.06 bits per heavy atom. The molecule has 8 heteroatoms. The van der Waals surface area contributed by atoms with Crippen LogP contribution in [0.4, 0.5) is 4.39 Å². The van der Waals surface area contributed by atoms with Crippen molar-refractivity contribution in [2.75, 3.05) is 7.05 Å². The summed E-state index contributed by atoms with van der Waals surface area (Å²) in [6.45, 7) is 0. The Morgan fingerprint density at radius 2 is 1.97 bits per heavy atom. The number of nitrogens with zero attached hydrogens (tertiary/aromatic N) is 5. The number of fused-ring (bicyclic) bond motifs is 2. The van der Waals surface area contributed by atoms with E-state index in [0.29, 0.717) is 29.1 Å². The maximum atomic E-state index is 14.4. The number of aromatic nitrogens is 5. The highest BCUT2D eigenvalue weighted by Gasteiger charge is 2.14. The van der Waals surface area contributed by atoms with Crippen molar-refractivity contribution >= 4 is 22.5 Å². The predicted molar refractivity (Wildman–Crippen MR) is 114 cm³/mol. The quantitative estimate of drug-likeness (QED) is 0.489. The molecule has 0 aliphatic rings. The number of benzene rings is 2. The molecule has 0 saturated carbocycles. The third-order valence-electron chi connectivity index (χ3n) is 5.09. The van der Waals surface area contributed by atoms with Crippen molar-refractivity contribution in [2.45, 2.75) is 6.42 Å². The Morgan fingerprint density at radius 3 is 2.81 bits per heavy atom. The molecule has 3 heterocycles. The molecular weight excluding hydrogens is 395 g/mol. The number of hydrogen-bond donors (Lipinski definition) is 1. The van der Waals surface area contributed by atoms with Gasteiger partial charge in [0, 0.05) is 30.6 Å². The van der Waals surface area contributed by atoms with E-state index in [4.69, 9.17) is 0 Å². The summed E-state index contributed by atoms with van der Waals surface area (Å²) in [4.78, 5) is 16.1. The number of pyridine rings is 1. The zero-order chi connectivity index (χ0) is 21.4. The Labute approximate surface area is 176 Å². The molecule has 5 rings (SSSR count). The van der Waals surface area contributed by atoms with E-state index in [1.165, 1.54) is 19.2 Å². The van der Waals surface area contributed by atoms with Crippen molar-refractivity contribution in [1.82, 2.24) is 30.1 Å². The van der Waals surface area contributed by atoms with Crippen LogP contribution < -0.4 is 5.32 Å². The minimum atomic E-state index is -0.604. The van der Waals surface area contributed by atoms with E-state index in [1.807, 2.05) is 24.3 Å². The highest BCUT2D eigenvalue weighted by Crippen LogP contribution is 2.22. The second-order valence-corrected chi connectivity index (χ2v) is 7.09. The molecule has 1 N–H and O–H groups in total. The molecule has 0 saturated heterocycles. The molecule has 0 unspecified atom stereocenters. The van der Waals surface area contributed by atoms with Crippen LogP contribution in [-0.4, -0.2) is 37.8 Å². The van der Waals surface area contributed by atoms with Crippen molar-refractivity contribution in [3.8, 4) is 11.3 Å². The minimum Gasteiger partial charge on any atom is -0.355 e. The molecule has 31 heavy (non-hydrogen) atoms. The summed E-state index contributed by atoms with van der Waals surface area (Å²) in [5.41, 5.74) is 3.69. The maximum absolute atomic E-state index is 14.4. The predicted octanol–water partition coefficient (Wildman–Crippen LogP) is 3.43. The molecule has 1 amide bonds. The number of amides is 1. The van der Waals surface area contributed by atoms with Crippen molar-refractivity contribution in [1.29, 1.82) is 0 Å². The Kier molecular flexibility index (Phi) is 4.59. The lowest BCUT2D eigenvalue weighted by atomic mass is 10.1. The average Bonchev–Trinajstić information content (AvgIpc) is 3.20. The van der Waals surface area contributed by atoms with E-state index in [2.05, 4.69) is 31.7 Å². The van der Waals surface area contributed by atoms with Gasteiger partial charge in [-0.15, -0.1) is 10.2 Å². The zero-order valence-electron chi connectivity index (χ0n) is 16.6. The van der Waals surface area contributed by atoms with Gasteiger partial charge in [0.05, 0.1) is 16.8 Å². The lowest BCUT2D eigenvalue weighted by molar-refractivity contribution is 0.0959. The van der Waals surface area contributed by atoms with Crippen LogP contribution >= 0.6 is 0 Å². The molecular formula is C23H17FN6O. The van der Waals surface area contributed by atoms with Gasteiger partial charge in [-0.2, -0.15) is 9.61 Å². The number of nitrogens with one attached hydrogen (secondary N) is 1. The SMILES string of the molecule is CNC(=O)c1ccc(-c2ccc3nnc(Cc4ccc5ncccc5c4)n3n2)cc1F. The molecule has 0 spiro atoms. The summed E-state index contributed by atoms with van der Waals surface area (Å²) in [7, 11) is 1.46. The van der Waals surface area contributed by atoms with E-state index >= 15 is 0 Å². The number of hydrogen-bond acceptors (Lipinski definition) is 5. The monoisotopic (exact) mass is 412 g/mol. The normalized spacial score (nSPS) is 11.2. The first kappa shape index (κ1) is 18.8. The van der Waals surface area contributed by atoms with Crippen molar-refractivity contribution in [3.63, 3.8) is 0 Å². The molecule has 3 aromatic heterocycles. The van der Waals surface area contributed by atoms with Crippen LogP contribution in [0.5, 0.6) is 0 Å². The first-order valence-corrected chi connectivity index (χ1v) is 9.69. The lowest BCUT2D eigenvalue weighted by Gasteiger charge is -2.06. The van der Waals surface area contributed by atoms with Gasteiger partial charge in [0.15, 0.2) is 11.5 Å². The standard InChI is InChI=1S/C23H17FN6O/c1-25-23(31)17-6-5-16(13-18(17)24)20-8-9-21-27-28-22(30(21)29-20)12-14-4-7-19-15(11-14)3-2-10-26-19/h2-11,13H,12H2,1H3,(H,25,31). The van der Waals surface area contributed by atoms with Crippen LogP contribution in [0.1, 0.15) is 21.7 Å². The Bertz CT molecular complexity index is 1450. The van der Waals surface area contributed by atoms with Gasteiger partial charge in [-0.05, 0) is 48.0 Å². The van der Waals surface area contributed by atoms with E-state index in [9.17, 15) is 9.18 Å². The van der Waals surface area contributed by atoms with Gasteiger partial charge in [-0.1, -0.05) is 18.2 Å². The number of carbonyl (C=O) groups is 1. The van der Waals surface area contributed by atoms with E-state index < -0.39 is 11.7 Å². The first-order chi connectivity index (χ1) is 15.1. The summed E-state index contributed by atoms with van der Waals surface area (Å²) in [5, 5.41) is 16.6. The third kappa shape index (κ3) is 3.48. The third-order valence-corrected chi connectivity index (χ3v) is 5.09. The lowest BCUT2D eigenvalue weighted by Crippen LogP contribution is -2.19. The molecule has 2 aromatic carbocycles. The minimum absolute atomic E-state index is 0.0110. The largest absolute Gasteiger partial charge is 0.355 e. The summed E-state index contributed by atoms with van der Waals surface area (Å²) in [6.07, 6.45) is 2.30. The second kappa shape index (κ2) is 7.56. The summed E-state index contributed by atoms with van der Waals surface area (Å²) in [5.74, 6) is -0.408. The van der Waals surface area contributed by atoms with E-state index in [-0.39, 0.29) is 5.56 Å².